The van der Waals surface area contributed by atoms with Gasteiger partial charge in [-0.3, -0.25) is 0 Å². The molecule has 24 heavy (non-hydrogen) atoms. The number of phosphoric acid groups is 1. The summed E-state index contributed by atoms with van der Waals surface area (Å²) in [6.07, 6.45) is 0. The Morgan fingerprint density at radius 2 is 0.750 bits per heavy atom. The molecule has 3 aromatic rings. The Bertz CT molecular complexity index is 674. The van der Waals surface area contributed by atoms with Crippen molar-refractivity contribution in [1.29, 1.82) is 0 Å². The standard InChI is InChI=1S/3C6H5.H3O4P.Pd/c3*1-2-4-6-5-3-1;1-5(2,3)4;/h3*1-5H;(H3,1,2,3,4);/q;;;;+3/p-3. The molecule has 0 fully saturated rings. The third kappa shape index (κ3) is 6.51. The molecular weight excluding hydrogens is 418 g/mol. The van der Waals surface area contributed by atoms with Crippen molar-refractivity contribution in [2.24, 2.45) is 0 Å². The van der Waals surface area contributed by atoms with E-state index in [1.807, 2.05) is 0 Å². The maximum absolute atomic E-state index is 8.55. The van der Waals surface area contributed by atoms with Gasteiger partial charge in [0.25, 0.3) is 0 Å². The molecule has 0 N–H and O–H groups in total. The summed E-state index contributed by atoms with van der Waals surface area (Å²) in [6, 6.07) is 32.6. The van der Waals surface area contributed by atoms with Crippen LogP contribution in [-0.2, 0) is 21.3 Å². The van der Waals surface area contributed by atoms with E-state index in [-0.39, 0.29) is 0 Å². The van der Waals surface area contributed by atoms with Crippen LogP contribution >= 0.6 is 7.82 Å². The van der Waals surface area contributed by atoms with E-state index in [2.05, 4.69) is 91.0 Å². The van der Waals surface area contributed by atoms with Crippen molar-refractivity contribution >= 4 is 19.9 Å². The van der Waals surface area contributed by atoms with Crippen LogP contribution in [0.4, 0.5) is 0 Å². The van der Waals surface area contributed by atoms with Crippen LogP contribution in [-0.4, -0.2) is 0 Å². The minimum atomic E-state index is -5.39. The quantitative estimate of drug-likeness (QED) is 0.422. The number of rotatable bonds is 3. The van der Waals surface area contributed by atoms with Crippen LogP contribution in [0.5, 0.6) is 0 Å². The van der Waals surface area contributed by atoms with E-state index in [4.69, 9.17) is 19.2 Å². The van der Waals surface area contributed by atoms with Crippen LogP contribution in [0.25, 0.3) is 0 Å². The number of benzene rings is 3. The molecule has 0 radical (unpaired) electrons. The van der Waals surface area contributed by atoms with Crippen LogP contribution in [0.1, 0.15) is 0 Å². The second kappa shape index (κ2) is 9.06. The van der Waals surface area contributed by atoms with Gasteiger partial charge in [-0.15, -0.1) is 0 Å². The summed E-state index contributed by atoms with van der Waals surface area (Å²) in [5.41, 5.74) is 0. The van der Waals surface area contributed by atoms with Gasteiger partial charge in [0.05, 0.1) is 0 Å². The van der Waals surface area contributed by atoms with E-state index in [0.717, 1.165) is 0 Å². The van der Waals surface area contributed by atoms with Crippen molar-refractivity contribution < 1.29 is 36.0 Å². The zero-order valence-electron chi connectivity index (χ0n) is 12.6. The number of hydrogen-bond donors (Lipinski definition) is 0. The molecule has 0 spiro atoms. The van der Waals surface area contributed by atoms with Gasteiger partial charge in [0.2, 0.25) is 0 Å². The fourth-order valence-electron chi connectivity index (χ4n) is 1.84. The van der Waals surface area contributed by atoms with E-state index < -0.39 is 24.6 Å². The Morgan fingerprint density at radius 3 is 0.958 bits per heavy atom. The zero-order chi connectivity index (χ0) is 17.4. The Kier molecular flexibility index (Phi) is 7.08. The number of hydrogen-bond acceptors (Lipinski definition) is 4. The summed E-state index contributed by atoms with van der Waals surface area (Å²) >= 11 is -1.05. The van der Waals surface area contributed by atoms with Gasteiger partial charge in [0.1, 0.15) is 0 Å². The van der Waals surface area contributed by atoms with E-state index in [1.165, 1.54) is 12.1 Å². The molecule has 0 amide bonds. The predicted octanol–water partition coefficient (Wildman–Crippen LogP) is -0.243. The molecule has 0 aromatic heterocycles. The Labute approximate surface area is 147 Å². The van der Waals surface area contributed by atoms with Crippen LogP contribution < -0.4 is 26.8 Å². The van der Waals surface area contributed by atoms with Crippen molar-refractivity contribution in [2.75, 3.05) is 0 Å². The van der Waals surface area contributed by atoms with Gasteiger partial charge >= 0.3 is 120 Å². The summed E-state index contributed by atoms with van der Waals surface area (Å²) in [6.45, 7) is 0. The molecule has 6 heteroatoms. The van der Waals surface area contributed by atoms with Gasteiger partial charge in [-0.25, -0.2) is 0 Å². The fourth-order valence-corrected chi connectivity index (χ4v) is 5.85. The van der Waals surface area contributed by atoms with Gasteiger partial charge in [0, 0.05) is 0 Å². The molecule has 0 bridgehead atoms. The van der Waals surface area contributed by atoms with Crippen LogP contribution in [0.2, 0.25) is 0 Å². The molecule has 0 atom stereocenters. The zero-order valence-corrected chi connectivity index (χ0v) is 15.0. The van der Waals surface area contributed by atoms with E-state index >= 15 is 0 Å². The molecule has 0 aliphatic heterocycles. The average Bonchev–Trinajstić information content (AvgIpc) is 2.57. The second-order valence-corrected chi connectivity index (χ2v) is 9.22. The third-order valence-electron chi connectivity index (χ3n) is 2.69. The normalized spacial score (nSPS) is 11.2. The molecule has 0 unspecified atom stereocenters. The predicted molar refractivity (Wildman–Crippen MR) is 85.8 cm³/mol. The average molecular weight is 433 g/mol. The summed E-state index contributed by atoms with van der Waals surface area (Å²) in [5.74, 6) is 0. The third-order valence-corrected chi connectivity index (χ3v) is 6.93. The van der Waals surface area contributed by atoms with Gasteiger partial charge in [-0.2, -0.15) is 7.82 Å². The Morgan fingerprint density at radius 1 is 0.542 bits per heavy atom. The van der Waals surface area contributed by atoms with Gasteiger partial charge < -0.3 is 19.2 Å². The van der Waals surface area contributed by atoms with Gasteiger partial charge in [0.15, 0.2) is 0 Å². The summed E-state index contributed by atoms with van der Waals surface area (Å²) < 4.78 is 12.9. The SMILES string of the molecule is O=P([O-])([O-])[O-].c1cc[c]([Pd+3]([c]2ccccc2)[c]2ccccc2)cc1. The van der Waals surface area contributed by atoms with Crippen LogP contribution in [0.3, 0.4) is 0 Å². The van der Waals surface area contributed by atoms with E-state index in [9.17, 15) is 0 Å². The molecule has 0 aliphatic carbocycles. The van der Waals surface area contributed by atoms with Crippen molar-refractivity contribution in [1.82, 2.24) is 0 Å². The first-order chi connectivity index (χ1) is 11.4. The van der Waals surface area contributed by atoms with E-state index in [1.54, 1.807) is 0 Å². The minimum absolute atomic E-state index is 1.05. The molecule has 3 aromatic carbocycles. The van der Waals surface area contributed by atoms with Crippen molar-refractivity contribution in [3.05, 3.63) is 91.0 Å². The summed E-state index contributed by atoms with van der Waals surface area (Å²) in [4.78, 5) is 25.6. The van der Waals surface area contributed by atoms with Crippen LogP contribution in [0.15, 0.2) is 91.0 Å². The molecule has 126 valence electrons. The van der Waals surface area contributed by atoms with Crippen LogP contribution in [0, 0.1) is 0 Å². The fraction of sp³-hybridized carbons (Fsp3) is 0. The molecule has 3 rings (SSSR count). The van der Waals surface area contributed by atoms with Crippen molar-refractivity contribution in [3.8, 4) is 0 Å². The second-order valence-electron chi connectivity index (χ2n) is 4.46. The van der Waals surface area contributed by atoms with Crippen molar-refractivity contribution in [2.45, 2.75) is 0 Å². The molecule has 0 saturated carbocycles. The Hall–Kier alpha value is -1.57. The van der Waals surface area contributed by atoms with Crippen molar-refractivity contribution in [3.63, 3.8) is 0 Å². The first-order valence-corrected chi connectivity index (χ1v) is 10.7. The van der Waals surface area contributed by atoms with E-state index in [0.29, 0.717) is 0 Å². The molecular formula is C18H15O4PPd. The first-order valence-electron chi connectivity index (χ1n) is 6.94. The first kappa shape index (κ1) is 18.8. The molecule has 0 saturated heterocycles. The van der Waals surface area contributed by atoms with Gasteiger partial charge in [-0.05, 0) is 0 Å². The molecule has 0 aliphatic rings. The Balaban J connectivity index is 0.000000368. The topological polar surface area (TPSA) is 86.2 Å². The molecule has 4 nitrogen and oxygen atoms in total. The summed E-state index contributed by atoms with van der Waals surface area (Å²) in [5, 5.41) is 0. The van der Waals surface area contributed by atoms with Gasteiger partial charge in [-0.1, -0.05) is 0 Å². The monoisotopic (exact) mass is 432 g/mol. The maximum atomic E-state index is 8.55. The summed E-state index contributed by atoms with van der Waals surface area (Å²) in [7, 11) is -5.39. The molecule has 0 heterocycles.